The van der Waals surface area contributed by atoms with Crippen LogP contribution in [0.1, 0.15) is 17.3 Å². The van der Waals surface area contributed by atoms with E-state index < -0.39 is 6.04 Å². The zero-order valence-electron chi connectivity index (χ0n) is 10.6. The van der Waals surface area contributed by atoms with Crippen LogP contribution in [0.25, 0.3) is 0 Å². The average molecular weight is 262 g/mol. The van der Waals surface area contributed by atoms with Crippen molar-refractivity contribution in [3.63, 3.8) is 0 Å². The molecule has 0 aromatic carbocycles. The van der Waals surface area contributed by atoms with Gasteiger partial charge in [-0.05, 0) is 11.6 Å². The minimum atomic E-state index is -0.399. The molecular formula is C11H14N6O2. The fourth-order valence-corrected chi connectivity index (χ4v) is 1.62. The second kappa shape index (κ2) is 6.03. The second-order valence-corrected chi connectivity index (χ2v) is 3.58. The van der Waals surface area contributed by atoms with Crippen molar-refractivity contribution in [2.45, 2.75) is 6.04 Å². The predicted molar refractivity (Wildman–Crippen MR) is 66.3 cm³/mol. The summed E-state index contributed by atoms with van der Waals surface area (Å²) >= 11 is 0. The minimum Gasteiger partial charge on any atom is -0.480 e. The van der Waals surface area contributed by atoms with Gasteiger partial charge in [0, 0.05) is 6.20 Å². The Kier molecular flexibility index (Phi) is 4.16. The molecule has 1 atom stereocenters. The molecule has 3 N–H and O–H groups in total. The van der Waals surface area contributed by atoms with Gasteiger partial charge in [0.2, 0.25) is 11.8 Å². The summed E-state index contributed by atoms with van der Waals surface area (Å²) in [5.74, 6) is 6.28. The summed E-state index contributed by atoms with van der Waals surface area (Å²) in [6.07, 6.45) is 4.66. The summed E-state index contributed by atoms with van der Waals surface area (Å²) < 4.78 is 10.2. The van der Waals surface area contributed by atoms with E-state index in [2.05, 4.69) is 25.6 Å². The van der Waals surface area contributed by atoms with Gasteiger partial charge in [-0.15, -0.1) is 0 Å². The molecule has 0 aliphatic heterocycles. The predicted octanol–water partition coefficient (Wildman–Crippen LogP) is -0.164. The molecule has 0 bridgehead atoms. The largest absolute Gasteiger partial charge is 0.480 e. The first-order valence-electron chi connectivity index (χ1n) is 5.47. The van der Waals surface area contributed by atoms with Crippen molar-refractivity contribution in [1.29, 1.82) is 0 Å². The molecule has 2 aromatic rings. The molecule has 2 rings (SSSR count). The van der Waals surface area contributed by atoms with E-state index in [9.17, 15) is 0 Å². The molecule has 0 spiro atoms. The topological polar surface area (TPSA) is 108 Å². The molecular weight excluding hydrogens is 248 g/mol. The molecule has 0 aliphatic carbocycles. The lowest BCUT2D eigenvalue weighted by Gasteiger charge is -2.17. The smallest absolute Gasteiger partial charge is 0.240 e. The molecule has 2 aromatic heterocycles. The Morgan fingerprint density at radius 2 is 2.05 bits per heavy atom. The maximum absolute atomic E-state index is 5.58. The summed E-state index contributed by atoms with van der Waals surface area (Å²) in [6, 6.07) is 1.38. The van der Waals surface area contributed by atoms with Crippen molar-refractivity contribution in [3.8, 4) is 11.8 Å². The summed E-state index contributed by atoms with van der Waals surface area (Å²) in [5.41, 5.74) is 4.00. The lowest BCUT2D eigenvalue weighted by atomic mass is 10.1. The standard InChI is InChI=1S/C11H14N6O2/c1-18-8-6-13-10(11(16-8)19-2)9(17-12)7-3-4-14-15-5-7/h3-6,9,17H,12H2,1-2H3. The van der Waals surface area contributed by atoms with Crippen LogP contribution >= 0.6 is 0 Å². The van der Waals surface area contributed by atoms with Crippen molar-refractivity contribution in [2.75, 3.05) is 14.2 Å². The molecule has 0 amide bonds. The lowest BCUT2D eigenvalue weighted by Crippen LogP contribution is -2.30. The molecule has 1 unspecified atom stereocenters. The van der Waals surface area contributed by atoms with E-state index in [-0.39, 0.29) is 0 Å². The van der Waals surface area contributed by atoms with Crippen molar-refractivity contribution in [1.82, 2.24) is 25.6 Å². The average Bonchev–Trinajstić information content (AvgIpc) is 2.49. The number of ether oxygens (including phenoxy) is 2. The van der Waals surface area contributed by atoms with Gasteiger partial charge in [-0.25, -0.2) is 10.4 Å². The van der Waals surface area contributed by atoms with Gasteiger partial charge in [-0.2, -0.15) is 15.2 Å². The van der Waals surface area contributed by atoms with Crippen LogP contribution in [0.15, 0.2) is 24.7 Å². The molecule has 0 radical (unpaired) electrons. The van der Waals surface area contributed by atoms with Crippen LogP contribution < -0.4 is 20.7 Å². The highest BCUT2D eigenvalue weighted by Gasteiger charge is 2.20. The zero-order valence-corrected chi connectivity index (χ0v) is 10.6. The highest BCUT2D eigenvalue weighted by atomic mass is 16.5. The number of aromatic nitrogens is 4. The first-order valence-corrected chi connectivity index (χ1v) is 5.47. The van der Waals surface area contributed by atoms with Gasteiger partial charge in [0.05, 0.1) is 32.7 Å². The number of nitrogens with one attached hydrogen (secondary N) is 1. The zero-order chi connectivity index (χ0) is 13.7. The second-order valence-electron chi connectivity index (χ2n) is 3.58. The van der Waals surface area contributed by atoms with Crippen LogP contribution in [0.5, 0.6) is 11.8 Å². The van der Waals surface area contributed by atoms with Crippen molar-refractivity contribution in [3.05, 3.63) is 35.9 Å². The maximum Gasteiger partial charge on any atom is 0.240 e. The van der Waals surface area contributed by atoms with E-state index in [0.717, 1.165) is 5.56 Å². The normalized spacial score (nSPS) is 11.9. The SMILES string of the molecule is COc1cnc(C(NN)c2ccnnc2)c(OC)n1. The third-order valence-corrected chi connectivity index (χ3v) is 2.53. The lowest BCUT2D eigenvalue weighted by molar-refractivity contribution is 0.352. The van der Waals surface area contributed by atoms with E-state index in [4.69, 9.17) is 15.3 Å². The number of hydrazine groups is 1. The summed E-state index contributed by atoms with van der Waals surface area (Å²) in [4.78, 5) is 8.43. The van der Waals surface area contributed by atoms with Crippen molar-refractivity contribution in [2.24, 2.45) is 5.84 Å². The van der Waals surface area contributed by atoms with Gasteiger partial charge in [-0.3, -0.25) is 5.84 Å². The number of nitrogens with zero attached hydrogens (tertiary/aromatic N) is 4. The van der Waals surface area contributed by atoms with E-state index >= 15 is 0 Å². The Labute approximate surface area is 110 Å². The summed E-state index contributed by atoms with van der Waals surface area (Å²) in [5, 5.41) is 7.53. The number of hydrogen-bond donors (Lipinski definition) is 2. The van der Waals surface area contributed by atoms with E-state index in [0.29, 0.717) is 17.5 Å². The molecule has 0 fully saturated rings. The number of hydrogen-bond acceptors (Lipinski definition) is 8. The van der Waals surface area contributed by atoms with Gasteiger partial charge in [0.25, 0.3) is 0 Å². The number of methoxy groups -OCH3 is 2. The van der Waals surface area contributed by atoms with Gasteiger partial charge >= 0.3 is 0 Å². The Morgan fingerprint density at radius 1 is 1.21 bits per heavy atom. The fraction of sp³-hybridized carbons (Fsp3) is 0.273. The van der Waals surface area contributed by atoms with Crippen LogP contribution in [-0.2, 0) is 0 Å². The van der Waals surface area contributed by atoms with Crippen LogP contribution in [-0.4, -0.2) is 34.4 Å². The van der Waals surface area contributed by atoms with E-state index in [1.165, 1.54) is 20.4 Å². The van der Waals surface area contributed by atoms with E-state index in [1.54, 1.807) is 18.5 Å². The van der Waals surface area contributed by atoms with Crippen molar-refractivity contribution < 1.29 is 9.47 Å². The molecule has 8 heteroatoms. The molecule has 0 aliphatic rings. The van der Waals surface area contributed by atoms with Crippen LogP contribution in [0.2, 0.25) is 0 Å². The Hall–Kier alpha value is -2.32. The minimum absolute atomic E-state index is 0.333. The van der Waals surface area contributed by atoms with Gasteiger partial charge < -0.3 is 9.47 Å². The molecule has 100 valence electrons. The molecule has 0 saturated carbocycles. The number of rotatable bonds is 5. The highest BCUT2D eigenvalue weighted by molar-refractivity contribution is 5.32. The van der Waals surface area contributed by atoms with Gasteiger partial charge in [-0.1, -0.05) is 0 Å². The Balaban J connectivity index is 2.43. The van der Waals surface area contributed by atoms with Crippen LogP contribution in [0.3, 0.4) is 0 Å². The molecule has 19 heavy (non-hydrogen) atoms. The van der Waals surface area contributed by atoms with Crippen LogP contribution in [0.4, 0.5) is 0 Å². The maximum atomic E-state index is 5.58. The summed E-state index contributed by atoms with van der Waals surface area (Å²) in [7, 11) is 3.01. The first-order chi connectivity index (χ1) is 9.30. The fourth-order valence-electron chi connectivity index (χ4n) is 1.62. The van der Waals surface area contributed by atoms with Crippen molar-refractivity contribution >= 4 is 0 Å². The quantitative estimate of drug-likeness (QED) is 0.565. The molecule has 0 saturated heterocycles. The molecule has 8 nitrogen and oxygen atoms in total. The molecule has 2 heterocycles. The Morgan fingerprint density at radius 3 is 2.63 bits per heavy atom. The number of nitrogens with two attached hydrogens (primary N) is 1. The van der Waals surface area contributed by atoms with Gasteiger partial charge in [0.1, 0.15) is 5.69 Å². The third-order valence-electron chi connectivity index (χ3n) is 2.53. The Bertz CT molecular complexity index is 536. The monoisotopic (exact) mass is 262 g/mol. The van der Waals surface area contributed by atoms with Gasteiger partial charge in [0.15, 0.2) is 0 Å². The first kappa shape index (κ1) is 13.1. The highest BCUT2D eigenvalue weighted by Crippen LogP contribution is 2.26. The third kappa shape index (κ3) is 2.75. The van der Waals surface area contributed by atoms with Crippen LogP contribution in [0, 0.1) is 0 Å². The van der Waals surface area contributed by atoms with E-state index in [1.807, 2.05) is 0 Å². The summed E-state index contributed by atoms with van der Waals surface area (Å²) in [6.45, 7) is 0.